The predicted molar refractivity (Wildman–Crippen MR) is 73.2 cm³/mol. The van der Waals surface area contributed by atoms with Gasteiger partial charge in [-0.3, -0.25) is 0 Å². The fourth-order valence-electron chi connectivity index (χ4n) is 2.09. The van der Waals surface area contributed by atoms with E-state index < -0.39 is 29.3 Å². The Hall–Kier alpha value is -1.59. The molecule has 0 aliphatic heterocycles. The van der Waals surface area contributed by atoms with Gasteiger partial charge in [0.15, 0.2) is 11.6 Å². The normalized spacial score (nSPS) is 12.5. The third-order valence-electron chi connectivity index (χ3n) is 3.05. The SMILES string of the molecule is CCNC(c1cc(F)c(F)cc1F)c1cccc(F)c1Cl. The van der Waals surface area contributed by atoms with E-state index in [1.807, 2.05) is 0 Å². The lowest BCUT2D eigenvalue weighted by Crippen LogP contribution is -2.24. The van der Waals surface area contributed by atoms with Gasteiger partial charge in [0, 0.05) is 11.6 Å². The lowest BCUT2D eigenvalue weighted by molar-refractivity contribution is 0.480. The van der Waals surface area contributed by atoms with Crippen LogP contribution < -0.4 is 5.32 Å². The van der Waals surface area contributed by atoms with E-state index in [9.17, 15) is 17.6 Å². The van der Waals surface area contributed by atoms with Gasteiger partial charge in [-0.25, -0.2) is 17.6 Å². The van der Waals surface area contributed by atoms with Crippen LogP contribution in [0.15, 0.2) is 30.3 Å². The summed E-state index contributed by atoms with van der Waals surface area (Å²) < 4.78 is 53.9. The topological polar surface area (TPSA) is 12.0 Å². The Morgan fingerprint density at radius 3 is 2.29 bits per heavy atom. The monoisotopic (exact) mass is 317 g/mol. The summed E-state index contributed by atoms with van der Waals surface area (Å²) >= 11 is 5.89. The van der Waals surface area contributed by atoms with Crippen LogP contribution in [0.25, 0.3) is 0 Å². The van der Waals surface area contributed by atoms with Crippen LogP contribution in [0, 0.1) is 23.3 Å². The molecule has 0 fully saturated rings. The molecular formula is C15H12ClF4N. The van der Waals surface area contributed by atoms with E-state index in [0.29, 0.717) is 12.6 Å². The lowest BCUT2D eigenvalue weighted by atomic mass is 9.97. The van der Waals surface area contributed by atoms with Crippen LogP contribution in [0.5, 0.6) is 0 Å². The van der Waals surface area contributed by atoms with E-state index >= 15 is 0 Å². The highest BCUT2D eigenvalue weighted by Crippen LogP contribution is 2.32. The average Bonchev–Trinajstić information content (AvgIpc) is 2.44. The summed E-state index contributed by atoms with van der Waals surface area (Å²) in [5, 5.41) is 2.70. The maximum absolute atomic E-state index is 13.9. The molecule has 2 rings (SSSR count). The number of hydrogen-bond donors (Lipinski definition) is 1. The van der Waals surface area contributed by atoms with Gasteiger partial charge in [0.25, 0.3) is 0 Å². The molecule has 6 heteroatoms. The molecule has 0 amide bonds. The molecule has 0 heterocycles. The summed E-state index contributed by atoms with van der Waals surface area (Å²) in [5.41, 5.74) is 0.117. The first-order valence-corrected chi connectivity index (χ1v) is 6.65. The van der Waals surface area contributed by atoms with E-state index in [2.05, 4.69) is 5.32 Å². The lowest BCUT2D eigenvalue weighted by Gasteiger charge is -2.21. The number of halogens is 5. The molecule has 1 nitrogen and oxygen atoms in total. The Kier molecular flexibility index (Phi) is 4.85. The van der Waals surface area contributed by atoms with Crippen LogP contribution in [-0.2, 0) is 0 Å². The van der Waals surface area contributed by atoms with Crippen molar-refractivity contribution < 1.29 is 17.6 Å². The van der Waals surface area contributed by atoms with Crippen LogP contribution in [0.2, 0.25) is 5.02 Å². The van der Waals surface area contributed by atoms with Crippen molar-refractivity contribution in [2.75, 3.05) is 6.54 Å². The molecule has 2 aromatic rings. The zero-order valence-electron chi connectivity index (χ0n) is 11.1. The van der Waals surface area contributed by atoms with Gasteiger partial charge in [-0.05, 0) is 24.2 Å². The van der Waals surface area contributed by atoms with Crippen molar-refractivity contribution in [3.8, 4) is 0 Å². The van der Waals surface area contributed by atoms with E-state index in [4.69, 9.17) is 11.6 Å². The van der Waals surface area contributed by atoms with Gasteiger partial charge in [-0.15, -0.1) is 0 Å². The van der Waals surface area contributed by atoms with E-state index in [1.54, 1.807) is 6.92 Å². The predicted octanol–water partition coefficient (Wildman–Crippen LogP) is 4.60. The fourth-order valence-corrected chi connectivity index (χ4v) is 2.33. The molecule has 0 aliphatic carbocycles. The van der Waals surface area contributed by atoms with Gasteiger partial charge in [0.2, 0.25) is 0 Å². The van der Waals surface area contributed by atoms with Crippen LogP contribution in [0.3, 0.4) is 0 Å². The van der Waals surface area contributed by atoms with E-state index in [0.717, 1.165) is 12.1 Å². The van der Waals surface area contributed by atoms with Crippen molar-refractivity contribution in [1.82, 2.24) is 5.32 Å². The summed E-state index contributed by atoms with van der Waals surface area (Å²) in [6, 6.07) is 4.41. The van der Waals surface area contributed by atoms with Gasteiger partial charge in [-0.2, -0.15) is 0 Å². The summed E-state index contributed by atoms with van der Waals surface area (Å²) in [6.45, 7) is 2.15. The number of nitrogens with one attached hydrogen (secondary N) is 1. The average molecular weight is 318 g/mol. The molecule has 0 bridgehead atoms. The van der Waals surface area contributed by atoms with Gasteiger partial charge >= 0.3 is 0 Å². The molecule has 21 heavy (non-hydrogen) atoms. The van der Waals surface area contributed by atoms with Crippen LogP contribution in [0.4, 0.5) is 17.6 Å². The largest absolute Gasteiger partial charge is 0.306 e. The molecule has 1 N–H and O–H groups in total. The molecule has 0 saturated heterocycles. The maximum Gasteiger partial charge on any atom is 0.161 e. The quantitative estimate of drug-likeness (QED) is 0.642. The van der Waals surface area contributed by atoms with Crippen molar-refractivity contribution in [3.63, 3.8) is 0 Å². The molecule has 0 spiro atoms. The van der Waals surface area contributed by atoms with Crippen molar-refractivity contribution in [2.45, 2.75) is 13.0 Å². The molecule has 0 aromatic heterocycles. The van der Waals surface area contributed by atoms with Crippen molar-refractivity contribution >= 4 is 11.6 Å². The molecule has 2 aromatic carbocycles. The van der Waals surface area contributed by atoms with E-state index in [-0.39, 0.29) is 16.1 Å². The summed E-state index contributed by atoms with van der Waals surface area (Å²) in [5.74, 6) is -4.06. The molecular weight excluding hydrogens is 306 g/mol. The minimum Gasteiger partial charge on any atom is -0.306 e. The van der Waals surface area contributed by atoms with Gasteiger partial charge in [0.1, 0.15) is 11.6 Å². The van der Waals surface area contributed by atoms with Crippen LogP contribution >= 0.6 is 11.6 Å². The second-order valence-corrected chi connectivity index (χ2v) is 4.80. The van der Waals surface area contributed by atoms with Crippen molar-refractivity contribution in [1.29, 1.82) is 0 Å². The number of benzene rings is 2. The zero-order valence-corrected chi connectivity index (χ0v) is 11.8. The Labute approximate surface area is 124 Å². The highest BCUT2D eigenvalue weighted by Gasteiger charge is 2.23. The van der Waals surface area contributed by atoms with Gasteiger partial charge in [0.05, 0.1) is 11.1 Å². The Balaban J connectivity index is 2.59. The molecule has 0 aliphatic rings. The first-order valence-electron chi connectivity index (χ1n) is 6.27. The minimum atomic E-state index is -1.28. The summed E-state index contributed by atoms with van der Waals surface area (Å²) in [6.07, 6.45) is 0. The zero-order chi connectivity index (χ0) is 15.6. The Morgan fingerprint density at radius 2 is 1.62 bits per heavy atom. The van der Waals surface area contributed by atoms with Gasteiger partial charge < -0.3 is 5.32 Å². The van der Waals surface area contributed by atoms with Crippen molar-refractivity contribution in [2.24, 2.45) is 0 Å². The number of hydrogen-bond acceptors (Lipinski definition) is 1. The van der Waals surface area contributed by atoms with Gasteiger partial charge in [-0.1, -0.05) is 30.7 Å². The first kappa shape index (κ1) is 15.8. The highest BCUT2D eigenvalue weighted by molar-refractivity contribution is 6.31. The summed E-state index contributed by atoms with van der Waals surface area (Å²) in [4.78, 5) is 0. The summed E-state index contributed by atoms with van der Waals surface area (Å²) in [7, 11) is 0. The third-order valence-corrected chi connectivity index (χ3v) is 3.45. The highest BCUT2D eigenvalue weighted by atomic mass is 35.5. The second kappa shape index (κ2) is 6.45. The molecule has 0 saturated carbocycles. The first-order chi connectivity index (χ1) is 9.95. The standard InChI is InChI=1S/C15H12ClF4N/c1-2-21-15(8-4-3-5-10(17)14(8)16)9-6-12(19)13(20)7-11(9)18/h3-7,15,21H,2H2,1H3. The Morgan fingerprint density at radius 1 is 0.952 bits per heavy atom. The Bertz CT molecular complexity index is 660. The number of rotatable bonds is 4. The van der Waals surface area contributed by atoms with Crippen molar-refractivity contribution in [3.05, 3.63) is 69.8 Å². The molecule has 0 radical (unpaired) electrons. The molecule has 112 valence electrons. The third kappa shape index (κ3) is 3.19. The smallest absolute Gasteiger partial charge is 0.161 e. The second-order valence-electron chi connectivity index (χ2n) is 4.42. The van der Waals surface area contributed by atoms with E-state index in [1.165, 1.54) is 12.1 Å². The maximum atomic E-state index is 13.9. The molecule has 1 unspecified atom stereocenters. The fraction of sp³-hybridized carbons (Fsp3) is 0.200. The molecule has 1 atom stereocenters. The van der Waals surface area contributed by atoms with Crippen LogP contribution in [0.1, 0.15) is 24.1 Å². The van der Waals surface area contributed by atoms with Crippen LogP contribution in [-0.4, -0.2) is 6.54 Å². The minimum absolute atomic E-state index is 0.136.